The van der Waals surface area contributed by atoms with Crippen LogP contribution in [0, 0.1) is 5.82 Å². The maximum absolute atomic E-state index is 12.5. The van der Waals surface area contributed by atoms with Gasteiger partial charge in [0.2, 0.25) is 0 Å². The number of nitrogens with two attached hydrogens (primary N) is 1. The van der Waals surface area contributed by atoms with Crippen molar-refractivity contribution in [3.63, 3.8) is 0 Å². The number of anilines is 1. The van der Waals surface area contributed by atoms with Crippen molar-refractivity contribution in [2.45, 2.75) is 0 Å². The number of aromatic nitrogens is 1. The molecule has 5 heteroatoms. The number of thiocarbonyl (C=S) groups is 1. The highest BCUT2D eigenvalue weighted by Crippen LogP contribution is 2.03. The van der Waals surface area contributed by atoms with Gasteiger partial charge in [-0.15, -0.1) is 0 Å². The van der Waals surface area contributed by atoms with Gasteiger partial charge in [0, 0.05) is 12.3 Å². The summed E-state index contributed by atoms with van der Waals surface area (Å²) in [5.41, 5.74) is 5.13. The molecule has 0 amide bonds. The standard InChI is InChI=1S/C6H6FN3S/c7-4-1-2-9-5(3-4)10-6(8)11/h1-3H,(H3,8,9,10,11). The predicted octanol–water partition coefficient (Wildman–Crippen LogP) is 0.876. The minimum absolute atomic E-state index is 0.0723. The fraction of sp³-hybridized carbons (Fsp3) is 0. The van der Waals surface area contributed by atoms with Gasteiger partial charge in [0.25, 0.3) is 0 Å². The van der Waals surface area contributed by atoms with E-state index in [1.54, 1.807) is 0 Å². The molecule has 1 aromatic heterocycles. The summed E-state index contributed by atoms with van der Waals surface area (Å²) in [7, 11) is 0. The van der Waals surface area contributed by atoms with Gasteiger partial charge in [-0.2, -0.15) is 0 Å². The van der Waals surface area contributed by atoms with E-state index in [9.17, 15) is 4.39 Å². The Morgan fingerprint density at radius 2 is 2.45 bits per heavy atom. The second kappa shape index (κ2) is 3.25. The Kier molecular flexibility index (Phi) is 2.32. The highest BCUT2D eigenvalue weighted by molar-refractivity contribution is 7.80. The van der Waals surface area contributed by atoms with Crippen LogP contribution in [0.2, 0.25) is 0 Å². The van der Waals surface area contributed by atoms with Crippen molar-refractivity contribution in [3.8, 4) is 0 Å². The van der Waals surface area contributed by atoms with Gasteiger partial charge in [0.05, 0.1) is 0 Å². The lowest BCUT2D eigenvalue weighted by Crippen LogP contribution is -2.19. The fourth-order valence-corrected chi connectivity index (χ4v) is 0.704. The SMILES string of the molecule is NC(=S)Nc1cc(F)ccn1. The average molecular weight is 171 g/mol. The third kappa shape index (κ3) is 2.46. The summed E-state index contributed by atoms with van der Waals surface area (Å²) in [6.07, 6.45) is 1.33. The first-order valence-corrected chi connectivity index (χ1v) is 3.27. The van der Waals surface area contributed by atoms with Crippen molar-refractivity contribution in [2.24, 2.45) is 5.73 Å². The molecule has 0 atom stereocenters. The molecule has 1 aromatic rings. The first kappa shape index (κ1) is 7.87. The Hall–Kier alpha value is -1.23. The summed E-state index contributed by atoms with van der Waals surface area (Å²) in [6.45, 7) is 0. The van der Waals surface area contributed by atoms with E-state index >= 15 is 0 Å². The molecule has 0 spiro atoms. The van der Waals surface area contributed by atoms with Crippen LogP contribution in [0.25, 0.3) is 0 Å². The maximum Gasteiger partial charge on any atom is 0.169 e. The summed E-state index contributed by atoms with van der Waals surface area (Å²) in [4.78, 5) is 3.76. The summed E-state index contributed by atoms with van der Waals surface area (Å²) in [6, 6.07) is 2.45. The summed E-state index contributed by atoms with van der Waals surface area (Å²) >= 11 is 4.53. The lowest BCUT2D eigenvalue weighted by Gasteiger charge is -2.00. The van der Waals surface area contributed by atoms with E-state index in [0.717, 1.165) is 0 Å². The molecule has 0 saturated heterocycles. The van der Waals surface area contributed by atoms with Gasteiger partial charge >= 0.3 is 0 Å². The quantitative estimate of drug-likeness (QED) is 0.616. The largest absolute Gasteiger partial charge is 0.376 e. The van der Waals surface area contributed by atoms with E-state index in [1.165, 1.54) is 18.3 Å². The van der Waals surface area contributed by atoms with Crippen LogP contribution in [0.3, 0.4) is 0 Å². The Labute approximate surface area is 68.4 Å². The fourth-order valence-electron chi connectivity index (χ4n) is 0.599. The van der Waals surface area contributed by atoms with Crippen molar-refractivity contribution >= 4 is 23.1 Å². The number of hydrogen-bond donors (Lipinski definition) is 2. The smallest absolute Gasteiger partial charge is 0.169 e. The van der Waals surface area contributed by atoms with E-state index in [-0.39, 0.29) is 10.9 Å². The summed E-state index contributed by atoms with van der Waals surface area (Å²) in [5.74, 6) is -0.0590. The van der Waals surface area contributed by atoms with Crippen LogP contribution in [-0.2, 0) is 0 Å². The topological polar surface area (TPSA) is 50.9 Å². The van der Waals surface area contributed by atoms with Crippen molar-refractivity contribution in [2.75, 3.05) is 5.32 Å². The zero-order valence-corrected chi connectivity index (χ0v) is 6.36. The molecule has 11 heavy (non-hydrogen) atoms. The number of pyridine rings is 1. The summed E-state index contributed by atoms with van der Waals surface area (Å²) < 4.78 is 12.5. The molecule has 0 bridgehead atoms. The van der Waals surface area contributed by atoms with Crippen LogP contribution in [0.15, 0.2) is 18.3 Å². The van der Waals surface area contributed by atoms with E-state index in [2.05, 4.69) is 22.5 Å². The van der Waals surface area contributed by atoms with Crippen LogP contribution in [0.1, 0.15) is 0 Å². The average Bonchev–Trinajstić information content (AvgIpc) is 1.85. The normalized spacial score (nSPS) is 9.18. The zero-order chi connectivity index (χ0) is 8.27. The van der Waals surface area contributed by atoms with Gasteiger partial charge < -0.3 is 11.1 Å². The van der Waals surface area contributed by atoms with E-state index < -0.39 is 0 Å². The molecule has 0 aliphatic heterocycles. The van der Waals surface area contributed by atoms with Crippen LogP contribution in [-0.4, -0.2) is 10.1 Å². The first-order chi connectivity index (χ1) is 5.18. The molecular formula is C6H6FN3S. The van der Waals surface area contributed by atoms with Gasteiger partial charge in [-0.25, -0.2) is 9.37 Å². The van der Waals surface area contributed by atoms with Crippen LogP contribution in [0.4, 0.5) is 10.2 Å². The second-order valence-corrected chi connectivity index (χ2v) is 2.29. The number of nitrogens with zero attached hydrogens (tertiary/aromatic N) is 1. The molecule has 0 unspecified atom stereocenters. The van der Waals surface area contributed by atoms with Crippen LogP contribution >= 0.6 is 12.2 Å². The maximum atomic E-state index is 12.5. The third-order valence-electron chi connectivity index (χ3n) is 0.973. The number of hydrogen-bond acceptors (Lipinski definition) is 2. The number of rotatable bonds is 1. The van der Waals surface area contributed by atoms with Crippen molar-refractivity contribution in [3.05, 3.63) is 24.1 Å². The third-order valence-corrected chi connectivity index (χ3v) is 1.08. The minimum atomic E-state index is -0.376. The number of nitrogens with one attached hydrogen (secondary N) is 1. The van der Waals surface area contributed by atoms with Crippen molar-refractivity contribution in [1.82, 2.24) is 4.98 Å². The number of halogens is 1. The molecule has 0 saturated carbocycles. The van der Waals surface area contributed by atoms with Crippen LogP contribution < -0.4 is 11.1 Å². The highest BCUT2D eigenvalue weighted by atomic mass is 32.1. The molecule has 1 heterocycles. The molecule has 1 rings (SSSR count). The lowest BCUT2D eigenvalue weighted by molar-refractivity contribution is 0.626. The molecule has 0 aliphatic carbocycles. The molecule has 0 aromatic carbocycles. The van der Waals surface area contributed by atoms with Crippen molar-refractivity contribution in [1.29, 1.82) is 0 Å². The predicted molar refractivity (Wildman–Crippen MR) is 44.6 cm³/mol. The Balaban J connectivity index is 2.79. The minimum Gasteiger partial charge on any atom is -0.376 e. The van der Waals surface area contributed by atoms with E-state index in [1.807, 2.05) is 0 Å². The van der Waals surface area contributed by atoms with Gasteiger partial charge in [-0.3, -0.25) is 0 Å². The van der Waals surface area contributed by atoms with Gasteiger partial charge in [-0.1, -0.05) is 0 Å². The first-order valence-electron chi connectivity index (χ1n) is 2.86. The lowest BCUT2D eigenvalue weighted by atomic mass is 10.4. The summed E-state index contributed by atoms with van der Waals surface area (Å²) in [5, 5.41) is 2.58. The van der Waals surface area contributed by atoms with Crippen molar-refractivity contribution < 1.29 is 4.39 Å². The second-order valence-electron chi connectivity index (χ2n) is 1.85. The Morgan fingerprint density at radius 3 is 3.00 bits per heavy atom. The molecule has 3 N–H and O–H groups in total. The Bertz CT molecular complexity index is 276. The molecular weight excluding hydrogens is 165 g/mol. The molecule has 3 nitrogen and oxygen atoms in total. The molecule has 0 aliphatic rings. The monoisotopic (exact) mass is 171 g/mol. The van der Waals surface area contributed by atoms with E-state index in [4.69, 9.17) is 5.73 Å². The highest BCUT2D eigenvalue weighted by Gasteiger charge is 1.95. The molecule has 58 valence electrons. The van der Waals surface area contributed by atoms with E-state index in [0.29, 0.717) is 5.82 Å². The molecule has 0 fully saturated rings. The molecule has 0 radical (unpaired) electrons. The van der Waals surface area contributed by atoms with Gasteiger partial charge in [-0.05, 0) is 18.3 Å². The van der Waals surface area contributed by atoms with Gasteiger partial charge in [0.15, 0.2) is 5.11 Å². The van der Waals surface area contributed by atoms with Gasteiger partial charge in [0.1, 0.15) is 11.6 Å². The Morgan fingerprint density at radius 1 is 1.73 bits per heavy atom. The zero-order valence-electron chi connectivity index (χ0n) is 5.54. The van der Waals surface area contributed by atoms with Crippen LogP contribution in [0.5, 0.6) is 0 Å².